The molecule has 15 heavy (non-hydrogen) atoms. The highest BCUT2D eigenvalue weighted by Gasteiger charge is 2.30. The summed E-state index contributed by atoms with van der Waals surface area (Å²) in [5.41, 5.74) is 0. The Morgan fingerprint density at radius 1 is 1.20 bits per heavy atom. The fraction of sp³-hybridized carbons (Fsp3) is 0.417. The minimum Gasteiger partial charge on any atom is -0.497 e. The van der Waals surface area contributed by atoms with Crippen molar-refractivity contribution in [1.82, 2.24) is 0 Å². The minimum atomic E-state index is 0.202. The Labute approximate surface area is 89.0 Å². The molecule has 0 heterocycles. The van der Waals surface area contributed by atoms with Crippen molar-refractivity contribution < 1.29 is 14.3 Å². The van der Waals surface area contributed by atoms with Gasteiger partial charge in [-0.05, 0) is 37.1 Å². The number of rotatable bonds is 4. The number of carbonyl (C=O) groups is 1. The first-order chi connectivity index (χ1) is 7.31. The third kappa shape index (κ3) is 2.29. The third-order valence-corrected chi connectivity index (χ3v) is 2.69. The Kier molecular flexibility index (Phi) is 2.90. The Morgan fingerprint density at radius 2 is 1.80 bits per heavy atom. The predicted octanol–water partition coefficient (Wildman–Crippen LogP) is 2.05. The lowest BCUT2D eigenvalue weighted by atomic mass is 9.83. The van der Waals surface area contributed by atoms with Gasteiger partial charge < -0.3 is 14.3 Å². The summed E-state index contributed by atoms with van der Waals surface area (Å²) < 4.78 is 10.7. The van der Waals surface area contributed by atoms with Gasteiger partial charge in [0, 0.05) is 5.92 Å². The van der Waals surface area contributed by atoms with Crippen molar-refractivity contribution in [2.24, 2.45) is 5.92 Å². The van der Waals surface area contributed by atoms with Crippen LogP contribution in [0.5, 0.6) is 11.5 Å². The number of ether oxygens (including phenoxy) is 2. The molecule has 0 unspecified atom stereocenters. The summed E-state index contributed by atoms with van der Waals surface area (Å²) in [6.07, 6.45) is 2.90. The van der Waals surface area contributed by atoms with Crippen LogP contribution in [0.25, 0.3) is 0 Å². The van der Waals surface area contributed by atoms with Gasteiger partial charge >= 0.3 is 0 Å². The molecule has 0 N–H and O–H groups in total. The molecule has 0 spiro atoms. The molecule has 0 aliphatic heterocycles. The predicted molar refractivity (Wildman–Crippen MR) is 56.2 cm³/mol. The van der Waals surface area contributed by atoms with E-state index in [4.69, 9.17) is 9.47 Å². The van der Waals surface area contributed by atoms with Crippen LogP contribution in [0, 0.1) is 5.92 Å². The molecule has 1 saturated carbocycles. The van der Waals surface area contributed by atoms with Crippen molar-refractivity contribution in [1.29, 1.82) is 0 Å². The van der Waals surface area contributed by atoms with E-state index in [9.17, 15) is 4.79 Å². The first kappa shape index (κ1) is 10.0. The average molecular weight is 206 g/mol. The maximum atomic E-state index is 10.4. The summed E-state index contributed by atoms with van der Waals surface area (Å²) in [6, 6.07) is 7.50. The summed E-state index contributed by atoms with van der Waals surface area (Å²) in [7, 11) is 1.64. The first-order valence-electron chi connectivity index (χ1n) is 5.08. The normalized spacial score (nSPS) is 24.1. The van der Waals surface area contributed by atoms with E-state index in [-0.39, 0.29) is 12.0 Å². The third-order valence-electron chi connectivity index (χ3n) is 2.69. The van der Waals surface area contributed by atoms with Gasteiger partial charge in [-0.1, -0.05) is 0 Å². The quantitative estimate of drug-likeness (QED) is 0.707. The number of methoxy groups -OCH3 is 1. The summed E-state index contributed by atoms with van der Waals surface area (Å²) >= 11 is 0. The van der Waals surface area contributed by atoms with Crippen LogP contribution in [0.1, 0.15) is 12.8 Å². The smallest absolute Gasteiger partial charge is 0.123 e. The maximum Gasteiger partial charge on any atom is 0.123 e. The summed E-state index contributed by atoms with van der Waals surface area (Å²) in [5.74, 6) is 1.86. The molecular formula is C12H14O3. The van der Waals surface area contributed by atoms with Gasteiger partial charge in [0.2, 0.25) is 0 Å². The fourth-order valence-electron chi connectivity index (χ4n) is 1.66. The average Bonchev–Trinajstić information content (AvgIpc) is 2.23. The molecule has 0 aromatic heterocycles. The standard InChI is InChI=1S/C12H14O3/c1-14-10-2-4-11(5-3-10)15-12-6-9(7-12)8-13/h2-5,8-9,12H,6-7H2,1H3/t9-,12-. The summed E-state index contributed by atoms with van der Waals surface area (Å²) in [4.78, 5) is 10.4. The second kappa shape index (κ2) is 4.34. The van der Waals surface area contributed by atoms with Gasteiger partial charge in [-0.2, -0.15) is 0 Å². The Balaban J connectivity index is 1.86. The molecule has 0 atom stereocenters. The lowest BCUT2D eigenvalue weighted by Gasteiger charge is -2.31. The highest BCUT2D eigenvalue weighted by molar-refractivity contribution is 5.55. The Morgan fingerprint density at radius 3 is 2.33 bits per heavy atom. The zero-order valence-electron chi connectivity index (χ0n) is 8.68. The maximum absolute atomic E-state index is 10.4. The lowest BCUT2D eigenvalue weighted by Crippen LogP contribution is -2.34. The minimum absolute atomic E-state index is 0.202. The molecule has 2 rings (SSSR count). The monoisotopic (exact) mass is 206 g/mol. The van der Waals surface area contributed by atoms with Crippen LogP contribution in [0.15, 0.2) is 24.3 Å². The van der Waals surface area contributed by atoms with E-state index in [0.29, 0.717) is 0 Å². The molecule has 0 saturated heterocycles. The summed E-state index contributed by atoms with van der Waals surface area (Å²) in [5, 5.41) is 0. The number of hydrogen-bond acceptors (Lipinski definition) is 3. The number of carbonyl (C=O) groups excluding carboxylic acids is 1. The van der Waals surface area contributed by atoms with Gasteiger partial charge in [0.05, 0.1) is 7.11 Å². The molecule has 0 bridgehead atoms. The SMILES string of the molecule is COc1ccc(O[C@H]2C[C@H](C=O)C2)cc1. The van der Waals surface area contributed by atoms with Crippen LogP contribution >= 0.6 is 0 Å². The molecule has 1 aromatic carbocycles. The molecule has 1 aromatic rings. The fourth-order valence-corrected chi connectivity index (χ4v) is 1.66. The Hall–Kier alpha value is -1.51. The molecular weight excluding hydrogens is 192 g/mol. The van der Waals surface area contributed by atoms with Crippen molar-refractivity contribution in [3.8, 4) is 11.5 Å². The number of aldehydes is 1. The zero-order valence-corrected chi connectivity index (χ0v) is 8.68. The van der Waals surface area contributed by atoms with Crippen LogP contribution in [-0.4, -0.2) is 19.5 Å². The molecule has 0 amide bonds. The summed E-state index contributed by atoms with van der Waals surface area (Å²) in [6.45, 7) is 0. The second-order valence-corrected chi connectivity index (χ2v) is 3.78. The highest BCUT2D eigenvalue weighted by atomic mass is 16.5. The van der Waals surface area contributed by atoms with Crippen LogP contribution < -0.4 is 9.47 Å². The van der Waals surface area contributed by atoms with E-state index in [0.717, 1.165) is 30.6 Å². The van der Waals surface area contributed by atoms with Crippen LogP contribution in [0.2, 0.25) is 0 Å². The van der Waals surface area contributed by atoms with E-state index in [1.54, 1.807) is 7.11 Å². The van der Waals surface area contributed by atoms with Crippen molar-refractivity contribution in [3.05, 3.63) is 24.3 Å². The molecule has 3 heteroatoms. The largest absolute Gasteiger partial charge is 0.497 e. The second-order valence-electron chi connectivity index (χ2n) is 3.78. The zero-order chi connectivity index (χ0) is 10.7. The van der Waals surface area contributed by atoms with E-state index in [2.05, 4.69) is 0 Å². The van der Waals surface area contributed by atoms with E-state index in [1.807, 2.05) is 24.3 Å². The van der Waals surface area contributed by atoms with Gasteiger partial charge in [0.25, 0.3) is 0 Å². The van der Waals surface area contributed by atoms with E-state index in [1.165, 1.54) is 0 Å². The van der Waals surface area contributed by atoms with Crippen LogP contribution in [0.3, 0.4) is 0 Å². The van der Waals surface area contributed by atoms with Gasteiger partial charge in [0.1, 0.15) is 23.9 Å². The van der Waals surface area contributed by atoms with Crippen molar-refractivity contribution in [3.63, 3.8) is 0 Å². The molecule has 1 aliphatic carbocycles. The highest BCUT2D eigenvalue weighted by Crippen LogP contribution is 2.30. The van der Waals surface area contributed by atoms with E-state index < -0.39 is 0 Å². The van der Waals surface area contributed by atoms with Crippen molar-refractivity contribution in [2.75, 3.05) is 7.11 Å². The number of hydrogen-bond donors (Lipinski definition) is 0. The molecule has 3 nitrogen and oxygen atoms in total. The van der Waals surface area contributed by atoms with E-state index >= 15 is 0 Å². The van der Waals surface area contributed by atoms with Gasteiger partial charge in [-0.3, -0.25) is 0 Å². The van der Waals surface area contributed by atoms with Crippen molar-refractivity contribution in [2.45, 2.75) is 18.9 Å². The van der Waals surface area contributed by atoms with Gasteiger partial charge in [0.15, 0.2) is 0 Å². The topological polar surface area (TPSA) is 35.5 Å². The molecule has 80 valence electrons. The molecule has 0 radical (unpaired) electrons. The first-order valence-corrected chi connectivity index (χ1v) is 5.08. The lowest BCUT2D eigenvalue weighted by molar-refractivity contribution is -0.116. The van der Waals surface area contributed by atoms with Crippen LogP contribution in [-0.2, 0) is 4.79 Å². The molecule has 1 aliphatic rings. The molecule has 1 fully saturated rings. The van der Waals surface area contributed by atoms with Crippen LogP contribution in [0.4, 0.5) is 0 Å². The van der Waals surface area contributed by atoms with Gasteiger partial charge in [-0.15, -0.1) is 0 Å². The number of benzene rings is 1. The van der Waals surface area contributed by atoms with Gasteiger partial charge in [-0.25, -0.2) is 0 Å². The van der Waals surface area contributed by atoms with Crippen molar-refractivity contribution >= 4 is 6.29 Å². The Bertz CT molecular complexity index is 325.